The van der Waals surface area contributed by atoms with Crippen LogP contribution in [0.3, 0.4) is 0 Å². The molecule has 0 aliphatic heterocycles. The molecule has 0 saturated carbocycles. The van der Waals surface area contributed by atoms with Gasteiger partial charge in [-0.3, -0.25) is 9.59 Å². The fourth-order valence-corrected chi connectivity index (χ4v) is 2.09. The first kappa shape index (κ1) is 18.4. The Hall–Kier alpha value is -2.89. The molecule has 6 heteroatoms. The van der Waals surface area contributed by atoms with E-state index in [0.717, 1.165) is 0 Å². The molecule has 132 valence electrons. The lowest BCUT2D eigenvalue weighted by Crippen LogP contribution is -2.40. The maximum absolute atomic E-state index is 13.5. The molecule has 0 fully saturated rings. The number of hydrogen-bond donors (Lipinski definition) is 3. The van der Waals surface area contributed by atoms with E-state index in [1.54, 1.807) is 36.4 Å². The number of nitrogens with one attached hydrogen (secondary N) is 3. The van der Waals surface area contributed by atoms with E-state index in [9.17, 15) is 14.0 Å². The predicted molar refractivity (Wildman–Crippen MR) is 97.2 cm³/mol. The van der Waals surface area contributed by atoms with Crippen LogP contribution in [0, 0.1) is 5.82 Å². The van der Waals surface area contributed by atoms with Gasteiger partial charge in [-0.1, -0.05) is 12.1 Å². The Morgan fingerprint density at radius 1 is 1.00 bits per heavy atom. The van der Waals surface area contributed by atoms with Crippen LogP contribution in [0.15, 0.2) is 48.5 Å². The third-order valence-corrected chi connectivity index (χ3v) is 3.24. The normalized spacial score (nSPS) is 10.9. The highest BCUT2D eigenvalue weighted by Crippen LogP contribution is 2.13. The Morgan fingerprint density at radius 2 is 1.64 bits per heavy atom. The van der Waals surface area contributed by atoms with E-state index in [1.807, 2.05) is 20.8 Å². The second-order valence-electron chi connectivity index (χ2n) is 6.66. The van der Waals surface area contributed by atoms with Gasteiger partial charge in [0.1, 0.15) is 5.82 Å². The Balaban J connectivity index is 1.88. The van der Waals surface area contributed by atoms with Crippen LogP contribution in [-0.4, -0.2) is 23.9 Å². The number of halogens is 1. The van der Waals surface area contributed by atoms with E-state index in [1.165, 1.54) is 12.1 Å². The third kappa shape index (κ3) is 5.91. The number of hydrogen-bond acceptors (Lipinski definition) is 3. The van der Waals surface area contributed by atoms with Gasteiger partial charge in [0.05, 0.1) is 12.2 Å². The van der Waals surface area contributed by atoms with Crippen LogP contribution in [0.5, 0.6) is 0 Å². The van der Waals surface area contributed by atoms with Crippen molar-refractivity contribution in [1.29, 1.82) is 0 Å². The minimum Gasteiger partial charge on any atom is -0.376 e. The van der Waals surface area contributed by atoms with Crippen molar-refractivity contribution in [2.75, 3.05) is 17.2 Å². The molecule has 2 amide bonds. The van der Waals surface area contributed by atoms with E-state index >= 15 is 0 Å². The topological polar surface area (TPSA) is 70.2 Å². The zero-order chi connectivity index (χ0) is 18.4. The lowest BCUT2D eigenvalue weighted by molar-refractivity contribution is -0.114. The van der Waals surface area contributed by atoms with Crippen molar-refractivity contribution in [3.05, 3.63) is 59.9 Å². The van der Waals surface area contributed by atoms with E-state index < -0.39 is 5.82 Å². The molecule has 0 saturated heterocycles. The second-order valence-corrected chi connectivity index (χ2v) is 6.66. The number of amides is 2. The summed E-state index contributed by atoms with van der Waals surface area (Å²) in [5.74, 6) is -0.999. The number of para-hydroxylation sites is 1. The van der Waals surface area contributed by atoms with Crippen molar-refractivity contribution < 1.29 is 14.0 Å². The van der Waals surface area contributed by atoms with Gasteiger partial charge < -0.3 is 16.0 Å². The zero-order valence-electron chi connectivity index (χ0n) is 14.5. The molecule has 0 heterocycles. The predicted octanol–water partition coefficient (Wildman–Crippen LogP) is 3.40. The van der Waals surface area contributed by atoms with Crippen LogP contribution in [0.2, 0.25) is 0 Å². The van der Waals surface area contributed by atoms with Gasteiger partial charge >= 0.3 is 0 Å². The SMILES string of the molecule is CC(C)(C)NC(=O)c1ccc(NCC(=O)Nc2ccccc2F)cc1. The molecule has 2 aromatic carbocycles. The lowest BCUT2D eigenvalue weighted by Gasteiger charge is -2.20. The van der Waals surface area contributed by atoms with Gasteiger partial charge in [-0.15, -0.1) is 0 Å². The summed E-state index contributed by atoms with van der Waals surface area (Å²) < 4.78 is 13.5. The molecule has 0 radical (unpaired) electrons. The second kappa shape index (κ2) is 7.79. The summed E-state index contributed by atoms with van der Waals surface area (Å²) in [4.78, 5) is 23.9. The van der Waals surface area contributed by atoms with Crippen LogP contribution in [0.25, 0.3) is 0 Å². The fourth-order valence-electron chi connectivity index (χ4n) is 2.09. The molecular weight excluding hydrogens is 321 g/mol. The van der Waals surface area contributed by atoms with Crippen LogP contribution in [0.1, 0.15) is 31.1 Å². The van der Waals surface area contributed by atoms with Crippen molar-refractivity contribution in [3.63, 3.8) is 0 Å². The lowest BCUT2D eigenvalue weighted by atomic mass is 10.1. The molecule has 2 rings (SSSR count). The van der Waals surface area contributed by atoms with Crippen molar-refractivity contribution in [1.82, 2.24) is 5.32 Å². The summed E-state index contributed by atoms with van der Waals surface area (Å²) in [5.41, 5.74) is 1.06. The van der Waals surface area contributed by atoms with E-state index in [-0.39, 0.29) is 29.6 Å². The first-order valence-corrected chi connectivity index (χ1v) is 7.95. The molecule has 0 bridgehead atoms. The first-order chi connectivity index (χ1) is 11.7. The molecule has 0 aliphatic rings. The Bertz CT molecular complexity index is 752. The monoisotopic (exact) mass is 343 g/mol. The van der Waals surface area contributed by atoms with E-state index in [4.69, 9.17) is 0 Å². The molecule has 0 unspecified atom stereocenters. The highest BCUT2D eigenvalue weighted by Gasteiger charge is 2.15. The quantitative estimate of drug-likeness (QED) is 0.779. The summed E-state index contributed by atoms with van der Waals surface area (Å²) >= 11 is 0. The molecule has 0 aliphatic carbocycles. The summed E-state index contributed by atoms with van der Waals surface area (Å²) in [6, 6.07) is 12.8. The number of carbonyl (C=O) groups excluding carboxylic acids is 2. The van der Waals surface area contributed by atoms with Gasteiger partial charge in [0.15, 0.2) is 0 Å². The molecular formula is C19H22FN3O2. The summed E-state index contributed by atoms with van der Waals surface area (Å²) in [5, 5.41) is 8.31. The van der Waals surface area contributed by atoms with Crippen LogP contribution >= 0.6 is 0 Å². The number of anilines is 2. The van der Waals surface area contributed by atoms with Gasteiger partial charge in [-0.25, -0.2) is 4.39 Å². The van der Waals surface area contributed by atoms with Crippen molar-refractivity contribution in [2.45, 2.75) is 26.3 Å². The number of benzene rings is 2. The standard InChI is InChI=1S/C19H22FN3O2/c1-19(2,3)23-18(25)13-8-10-14(11-9-13)21-12-17(24)22-16-7-5-4-6-15(16)20/h4-11,21H,12H2,1-3H3,(H,22,24)(H,23,25). The average Bonchev–Trinajstić information content (AvgIpc) is 2.54. The zero-order valence-corrected chi connectivity index (χ0v) is 14.5. The Kier molecular flexibility index (Phi) is 5.75. The van der Waals surface area contributed by atoms with Crippen LogP contribution in [0.4, 0.5) is 15.8 Å². The fraction of sp³-hybridized carbons (Fsp3) is 0.263. The van der Waals surface area contributed by atoms with Crippen molar-refractivity contribution >= 4 is 23.2 Å². The van der Waals surface area contributed by atoms with E-state index in [0.29, 0.717) is 11.3 Å². The van der Waals surface area contributed by atoms with Gasteiger partial charge in [0.2, 0.25) is 5.91 Å². The third-order valence-electron chi connectivity index (χ3n) is 3.24. The molecule has 25 heavy (non-hydrogen) atoms. The van der Waals surface area contributed by atoms with Crippen molar-refractivity contribution in [2.24, 2.45) is 0 Å². The number of carbonyl (C=O) groups is 2. The largest absolute Gasteiger partial charge is 0.376 e. The average molecular weight is 343 g/mol. The van der Waals surface area contributed by atoms with Gasteiger partial charge in [0.25, 0.3) is 5.91 Å². The Labute approximate surface area is 146 Å². The minimum absolute atomic E-state index is 0.0120. The minimum atomic E-state index is -0.481. The molecule has 0 atom stereocenters. The summed E-state index contributed by atoms with van der Waals surface area (Å²) in [6.07, 6.45) is 0. The summed E-state index contributed by atoms with van der Waals surface area (Å²) in [6.45, 7) is 5.72. The molecule has 5 nitrogen and oxygen atoms in total. The van der Waals surface area contributed by atoms with Crippen LogP contribution < -0.4 is 16.0 Å². The maximum atomic E-state index is 13.5. The molecule has 0 aromatic heterocycles. The van der Waals surface area contributed by atoms with Gasteiger partial charge in [0, 0.05) is 16.8 Å². The molecule has 0 spiro atoms. The highest BCUT2D eigenvalue weighted by molar-refractivity contribution is 5.95. The van der Waals surface area contributed by atoms with Crippen molar-refractivity contribution in [3.8, 4) is 0 Å². The maximum Gasteiger partial charge on any atom is 0.251 e. The van der Waals surface area contributed by atoms with Crippen LogP contribution in [-0.2, 0) is 4.79 Å². The van der Waals surface area contributed by atoms with Gasteiger partial charge in [-0.05, 0) is 57.2 Å². The summed E-state index contributed by atoms with van der Waals surface area (Å²) in [7, 11) is 0. The molecule has 2 aromatic rings. The first-order valence-electron chi connectivity index (χ1n) is 7.95. The highest BCUT2D eigenvalue weighted by atomic mass is 19.1. The Morgan fingerprint density at radius 3 is 2.24 bits per heavy atom. The molecule has 3 N–H and O–H groups in total. The smallest absolute Gasteiger partial charge is 0.251 e. The van der Waals surface area contributed by atoms with E-state index in [2.05, 4.69) is 16.0 Å². The number of rotatable bonds is 5. The van der Waals surface area contributed by atoms with Gasteiger partial charge in [-0.2, -0.15) is 0 Å².